The standard InChI is InChI=1S/C20H26N2O3/c1-20(2,3)25-19(23)22-16(11-14-7-9-21-10-8-14)12-15-5-6-17(24-4)13-18(15)22/h5-6,11-13,21H,7-10H2,1-4H3. The molecule has 1 aromatic heterocycles. The Balaban J connectivity index is 2.11. The molecule has 1 fully saturated rings. The zero-order valence-electron chi connectivity index (χ0n) is 15.4. The van der Waals surface area contributed by atoms with Gasteiger partial charge in [-0.15, -0.1) is 0 Å². The molecule has 1 saturated heterocycles. The second-order valence-corrected chi connectivity index (χ2v) is 7.36. The van der Waals surface area contributed by atoms with E-state index < -0.39 is 5.60 Å². The van der Waals surface area contributed by atoms with E-state index >= 15 is 0 Å². The summed E-state index contributed by atoms with van der Waals surface area (Å²) < 4.78 is 12.6. The van der Waals surface area contributed by atoms with Crippen LogP contribution in [0.5, 0.6) is 5.75 Å². The first-order chi connectivity index (χ1) is 11.9. The molecular weight excluding hydrogens is 316 g/mol. The van der Waals surface area contributed by atoms with Crippen LogP contribution in [-0.4, -0.2) is 36.5 Å². The average molecular weight is 342 g/mol. The Morgan fingerprint density at radius 1 is 1.20 bits per heavy atom. The summed E-state index contributed by atoms with van der Waals surface area (Å²) in [6.07, 6.45) is 3.76. The van der Waals surface area contributed by atoms with E-state index in [-0.39, 0.29) is 6.09 Å². The van der Waals surface area contributed by atoms with Crippen LogP contribution in [0.2, 0.25) is 0 Å². The Kier molecular flexibility index (Phi) is 4.86. The van der Waals surface area contributed by atoms with Gasteiger partial charge in [0.25, 0.3) is 0 Å². The number of rotatable bonds is 2. The van der Waals surface area contributed by atoms with Gasteiger partial charge in [0, 0.05) is 11.5 Å². The first-order valence-electron chi connectivity index (χ1n) is 8.70. The average Bonchev–Trinajstić information content (AvgIpc) is 2.91. The third kappa shape index (κ3) is 4.04. The monoisotopic (exact) mass is 342 g/mol. The van der Waals surface area contributed by atoms with Gasteiger partial charge in [-0.25, -0.2) is 9.36 Å². The molecule has 1 aliphatic heterocycles. The molecular formula is C20H26N2O3. The third-order valence-corrected chi connectivity index (χ3v) is 4.21. The fourth-order valence-corrected chi connectivity index (χ4v) is 3.05. The number of carbonyl (C=O) groups is 1. The molecule has 0 bridgehead atoms. The number of carbonyl (C=O) groups excluding carboxylic acids is 1. The fraction of sp³-hybridized carbons (Fsp3) is 0.450. The Hall–Kier alpha value is -2.27. The van der Waals surface area contributed by atoms with Gasteiger partial charge in [-0.1, -0.05) is 5.57 Å². The van der Waals surface area contributed by atoms with Gasteiger partial charge in [0.05, 0.1) is 18.3 Å². The van der Waals surface area contributed by atoms with E-state index in [1.54, 1.807) is 11.7 Å². The Labute approximate surface area is 148 Å². The maximum Gasteiger partial charge on any atom is 0.419 e. The number of ether oxygens (including phenoxy) is 2. The predicted molar refractivity (Wildman–Crippen MR) is 100 cm³/mol. The van der Waals surface area contributed by atoms with Crippen molar-refractivity contribution in [2.24, 2.45) is 0 Å². The lowest BCUT2D eigenvalue weighted by molar-refractivity contribution is 0.0543. The number of hydrogen-bond acceptors (Lipinski definition) is 4. The summed E-state index contributed by atoms with van der Waals surface area (Å²) in [7, 11) is 1.62. The number of benzene rings is 1. The van der Waals surface area contributed by atoms with Crippen molar-refractivity contribution in [1.29, 1.82) is 0 Å². The number of piperidine rings is 1. The van der Waals surface area contributed by atoms with Crippen molar-refractivity contribution in [1.82, 2.24) is 9.88 Å². The summed E-state index contributed by atoms with van der Waals surface area (Å²) in [4.78, 5) is 12.9. The molecule has 2 heterocycles. The molecule has 134 valence electrons. The molecule has 1 aromatic carbocycles. The van der Waals surface area contributed by atoms with Gasteiger partial charge in [0.2, 0.25) is 0 Å². The van der Waals surface area contributed by atoms with Crippen LogP contribution in [0.1, 0.15) is 39.3 Å². The van der Waals surface area contributed by atoms with Gasteiger partial charge in [-0.3, -0.25) is 0 Å². The summed E-state index contributed by atoms with van der Waals surface area (Å²) in [5.74, 6) is 0.719. The molecule has 0 saturated carbocycles. The number of nitrogens with one attached hydrogen (secondary N) is 1. The number of fused-ring (bicyclic) bond motifs is 1. The van der Waals surface area contributed by atoms with Crippen molar-refractivity contribution in [3.63, 3.8) is 0 Å². The summed E-state index contributed by atoms with van der Waals surface area (Å²) in [6.45, 7) is 7.59. The van der Waals surface area contributed by atoms with Gasteiger partial charge in [-0.05, 0) is 71.0 Å². The number of nitrogens with zero attached hydrogens (tertiary/aromatic N) is 1. The highest BCUT2D eigenvalue weighted by atomic mass is 16.6. The molecule has 5 heteroatoms. The highest BCUT2D eigenvalue weighted by Crippen LogP contribution is 2.28. The van der Waals surface area contributed by atoms with E-state index in [0.717, 1.165) is 48.3 Å². The van der Waals surface area contributed by atoms with E-state index in [1.165, 1.54) is 5.57 Å². The molecule has 2 aromatic rings. The lowest BCUT2D eigenvalue weighted by Crippen LogP contribution is -2.27. The minimum Gasteiger partial charge on any atom is -0.497 e. The zero-order chi connectivity index (χ0) is 18.0. The van der Waals surface area contributed by atoms with Gasteiger partial charge >= 0.3 is 6.09 Å². The highest BCUT2D eigenvalue weighted by molar-refractivity contribution is 5.94. The van der Waals surface area contributed by atoms with Crippen LogP contribution in [0.3, 0.4) is 0 Å². The van der Waals surface area contributed by atoms with Gasteiger partial charge < -0.3 is 14.8 Å². The Bertz CT molecular complexity index is 804. The molecule has 0 aliphatic carbocycles. The highest BCUT2D eigenvalue weighted by Gasteiger charge is 2.22. The smallest absolute Gasteiger partial charge is 0.419 e. The minimum atomic E-state index is -0.550. The van der Waals surface area contributed by atoms with Crippen molar-refractivity contribution >= 4 is 23.1 Å². The molecule has 0 unspecified atom stereocenters. The summed E-state index contributed by atoms with van der Waals surface area (Å²) in [5.41, 5.74) is 2.45. The van der Waals surface area contributed by atoms with Crippen LogP contribution in [0, 0.1) is 0 Å². The van der Waals surface area contributed by atoms with E-state index in [1.807, 2.05) is 45.0 Å². The number of aromatic nitrogens is 1. The van der Waals surface area contributed by atoms with Crippen LogP contribution < -0.4 is 10.1 Å². The summed E-state index contributed by atoms with van der Waals surface area (Å²) in [5, 5.41) is 4.35. The maximum atomic E-state index is 12.9. The minimum absolute atomic E-state index is 0.364. The largest absolute Gasteiger partial charge is 0.497 e. The molecule has 0 amide bonds. The Morgan fingerprint density at radius 3 is 2.56 bits per heavy atom. The molecule has 0 radical (unpaired) electrons. The molecule has 1 N–H and O–H groups in total. The van der Waals surface area contributed by atoms with Crippen LogP contribution >= 0.6 is 0 Å². The van der Waals surface area contributed by atoms with Crippen molar-refractivity contribution in [2.45, 2.75) is 39.2 Å². The Morgan fingerprint density at radius 2 is 1.92 bits per heavy atom. The summed E-state index contributed by atoms with van der Waals surface area (Å²) >= 11 is 0. The molecule has 5 nitrogen and oxygen atoms in total. The van der Waals surface area contributed by atoms with Crippen LogP contribution in [0.4, 0.5) is 4.79 Å². The molecule has 0 atom stereocenters. The SMILES string of the molecule is COc1ccc2cc(C=C3CCNCC3)n(C(=O)OC(C)(C)C)c2c1. The predicted octanol–water partition coefficient (Wildman–Crippen LogP) is 4.20. The second kappa shape index (κ2) is 6.92. The molecule has 1 aliphatic rings. The van der Waals surface area contributed by atoms with Gasteiger partial charge in [0.15, 0.2) is 0 Å². The molecule has 3 rings (SSSR count). The van der Waals surface area contributed by atoms with E-state index in [4.69, 9.17) is 9.47 Å². The zero-order valence-corrected chi connectivity index (χ0v) is 15.4. The fourth-order valence-electron chi connectivity index (χ4n) is 3.05. The lowest BCUT2D eigenvalue weighted by atomic mass is 10.0. The van der Waals surface area contributed by atoms with Gasteiger partial charge in [-0.2, -0.15) is 0 Å². The molecule has 25 heavy (non-hydrogen) atoms. The van der Waals surface area contributed by atoms with Crippen molar-refractivity contribution in [3.8, 4) is 5.75 Å². The molecule has 0 spiro atoms. The first kappa shape index (κ1) is 17.5. The number of methoxy groups -OCH3 is 1. The third-order valence-electron chi connectivity index (χ3n) is 4.21. The van der Waals surface area contributed by atoms with Crippen LogP contribution in [0.25, 0.3) is 17.0 Å². The second-order valence-electron chi connectivity index (χ2n) is 7.36. The van der Waals surface area contributed by atoms with Crippen LogP contribution in [-0.2, 0) is 4.74 Å². The van der Waals surface area contributed by atoms with Crippen molar-refractivity contribution < 1.29 is 14.3 Å². The number of hydrogen-bond donors (Lipinski definition) is 1. The quantitative estimate of drug-likeness (QED) is 0.889. The topological polar surface area (TPSA) is 52.5 Å². The van der Waals surface area contributed by atoms with E-state index in [2.05, 4.69) is 11.4 Å². The van der Waals surface area contributed by atoms with E-state index in [9.17, 15) is 4.79 Å². The summed E-state index contributed by atoms with van der Waals surface area (Å²) in [6, 6.07) is 7.79. The van der Waals surface area contributed by atoms with Crippen molar-refractivity contribution in [3.05, 3.63) is 35.5 Å². The first-order valence-corrected chi connectivity index (χ1v) is 8.70. The normalized spacial score (nSPS) is 15.3. The van der Waals surface area contributed by atoms with Gasteiger partial charge in [0.1, 0.15) is 11.4 Å². The van der Waals surface area contributed by atoms with E-state index in [0.29, 0.717) is 0 Å². The van der Waals surface area contributed by atoms with Crippen LogP contribution in [0.15, 0.2) is 29.8 Å². The lowest BCUT2D eigenvalue weighted by Gasteiger charge is -2.21. The maximum absolute atomic E-state index is 12.9. The van der Waals surface area contributed by atoms with Crippen molar-refractivity contribution in [2.75, 3.05) is 20.2 Å².